The third-order valence-electron chi connectivity index (χ3n) is 2.80. The Morgan fingerprint density at radius 1 is 1.19 bits per heavy atom. The first-order valence-electron chi connectivity index (χ1n) is 5.27. The number of hydrogen-bond acceptors (Lipinski definition) is 2. The van der Waals surface area contributed by atoms with E-state index in [2.05, 4.69) is 0 Å². The Balaban J connectivity index is 2.92. The molecule has 0 aromatic heterocycles. The zero-order chi connectivity index (χ0) is 12.4. The molecule has 0 saturated carbocycles. The van der Waals surface area contributed by atoms with Gasteiger partial charge < -0.3 is 10.2 Å². The number of hydrogen-bond donors (Lipinski definition) is 2. The van der Waals surface area contributed by atoms with E-state index >= 15 is 0 Å². The molecule has 1 rings (SSSR count). The maximum Gasteiger partial charge on any atom is 0.335 e. The first-order valence-corrected chi connectivity index (χ1v) is 5.27. The van der Waals surface area contributed by atoms with Crippen LogP contribution in [0.15, 0.2) is 30.3 Å². The van der Waals surface area contributed by atoms with Gasteiger partial charge in [0.25, 0.3) is 0 Å². The molecule has 2 N–H and O–H groups in total. The highest BCUT2D eigenvalue weighted by Crippen LogP contribution is 2.32. The minimum Gasteiger partial charge on any atom is -0.479 e. The van der Waals surface area contributed by atoms with E-state index in [4.69, 9.17) is 5.11 Å². The third kappa shape index (κ3) is 2.83. The summed E-state index contributed by atoms with van der Waals surface area (Å²) >= 11 is 0. The lowest BCUT2D eigenvalue weighted by molar-refractivity contribution is -0.158. The molecule has 0 spiro atoms. The number of aliphatic hydroxyl groups is 1. The van der Waals surface area contributed by atoms with E-state index < -0.39 is 11.6 Å². The van der Waals surface area contributed by atoms with Crippen LogP contribution < -0.4 is 0 Å². The molecule has 0 saturated heterocycles. The van der Waals surface area contributed by atoms with Gasteiger partial charge in [-0.15, -0.1) is 0 Å². The average molecular weight is 222 g/mol. The molecular weight excluding hydrogens is 204 g/mol. The molecule has 0 aliphatic heterocycles. The van der Waals surface area contributed by atoms with Crippen molar-refractivity contribution >= 4 is 5.97 Å². The largest absolute Gasteiger partial charge is 0.479 e. The minimum atomic E-state index is -1.70. The third-order valence-corrected chi connectivity index (χ3v) is 2.80. The van der Waals surface area contributed by atoms with Gasteiger partial charge in [-0.25, -0.2) is 4.79 Å². The highest BCUT2D eigenvalue weighted by atomic mass is 16.4. The standard InChI is InChI=1S/C13H18O3/c1-12(2,9-13(3,16)11(14)15)10-7-5-4-6-8-10/h4-8,16H,9H2,1-3H3,(H,14,15). The van der Waals surface area contributed by atoms with Crippen LogP contribution in [0.3, 0.4) is 0 Å². The van der Waals surface area contributed by atoms with Gasteiger partial charge in [0.15, 0.2) is 5.60 Å². The van der Waals surface area contributed by atoms with Crippen LogP contribution in [0.2, 0.25) is 0 Å². The second-order valence-corrected chi connectivity index (χ2v) is 5.01. The van der Waals surface area contributed by atoms with Crippen LogP contribution in [-0.4, -0.2) is 21.8 Å². The summed E-state index contributed by atoms with van der Waals surface area (Å²) in [7, 11) is 0. The fourth-order valence-corrected chi connectivity index (χ4v) is 1.93. The highest BCUT2D eigenvalue weighted by molar-refractivity contribution is 5.76. The molecule has 0 bridgehead atoms. The molecule has 0 aliphatic carbocycles. The molecule has 16 heavy (non-hydrogen) atoms. The van der Waals surface area contributed by atoms with Crippen LogP contribution in [-0.2, 0) is 10.2 Å². The number of benzene rings is 1. The molecular formula is C13H18O3. The van der Waals surface area contributed by atoms with E-state index in [0.29, 0.717) is 0 Å². The maximum atomic E-state index is 10.9. The number of carboxylic acids is 1. The number of rotatable bonds is 4. The molecule has 0 aliphatic rings. The van der Waals surface area contributed by atoms with Crippen molar-refractivity contribution in [2.45, 2.75) is 38.2 Å². The normalized spacial score (nSPS) is 15.5. The van der Waals surface area contributed by atoms with Gasteiger partial charge in [-0.05, 0) is 24.3 Å². The van der Waals surface area contributed by atoms with Crippen molar-refractivity contribution in [1.29, 1.82) is 0 Å². The SMILES string of the molecule is CC(O)(CC(C)(C)c1ccccc1)C(=O)O. The van der Waals surface area contributed by atoms with E-state index in [0.717, 1.165) is 5.56 Å². The summed E-state index contributed by atoms with van der Waals surface area (Å²) in [4.78, 5) is 10.9. The highest BCUT2D eigenvalue weighted by Gasteiger charge is 2.37. The van der Waals surface area contributed by atoms with E-state index in [1.165, 1.54) is 6.92 Å². The van der Waals surface area contributed by atoms with Gasteiger partial charge in [-0.1, -0.05) is 44.2 Å². The minimum absolute atomic E-state index is 0.180. The second kappa shape index (κ2) is 4.26. The smallest absolute Gasteiger partial charge is 0.335 e. The maximum absolute atomic E-state index is 10.9. The number of aliphatic carboxylic acids is 1. The Hall–Kier alpha value is -1.35. The van der Waals surface area contributed by atoms with E-state index in [1.54, 1.807) is 0 Å². The summed E-state index contributed by atoms with van der Waals surface area (Å²) in [5, 5.41) is 18.7. The van der Waals surface area contributed by atoms with Crippen molar-refractivity contribution in [1.82, 2.24) is 0 Å². The van der Waals surface area contributed by atoms with Crippen LogP contribution >= 0.6 is 0 Å². The molecule has 0 radical (unpaired) electrons. The van der Waals surface area contributed by atoms with Crippen LogP contribution in [0.4, 0.5) is 0 Å². The Bertz CT molecular complexity index is 366. The number of carboxylic acid groups (broad SMARTS) is 1. The molecule has 0 amide bonds. The van der Waals surface area contributed by atoms with Crippen LogP contribution in [0.1, 0.15) is 32.8 Å². The molecule has 1 aromatic carbocycles. The van der Waals surface area contributed by atoms with E-state index in [-0.39, 0.29) is 11.8 Å². The summed E-state index contributed by atoms with van der Waals surface area (Å²) in [5.41, 5.74) is -1.04. The predicted octanol–water partition coefficient (Wildman–Crippen LogP) is 2.19. The monoisotopic (exact) mass is 222 g/mol. The van der Waals surface area contributed by atoms with Crippen molar-refractivity contribution < 1.29 is 15.0 Å². The van der Waals surface area contributed by atoms with Crippen molar-refractivity contribution in [2.75, 3.05) is 0 Å². The molecule has 88 valence electrons. The van der Waals surface area contributed by atoms with Gasteiger partial charge in [-0.2, -0.15) is 0 Å². The molecule has 1 unspecified atom stereocenters. The van der Waals surface area contributed by atoms with E-state index in [9.17, 15) is 9.90 Å². The lowest BCUT2D eigenvalue weighted by Crippen LogP contribution is -2.41. The second-order valence-electron chi connectivity index (χ2n) is 5.01. The van der Waals surface area contributed by atoms with E-state index in [1.807, 2.05) is 44.2 Å². The van der Waals surface area contributed by atoms with Crippen LogP contribution in [0, 0.1) is 0 Å². The van der Waals surface area contributed by atoms with Gasteiger partial charge in [0, 0.05) is 0 Å². The topological polar surface area (TPSA) is 57.5 Å². The van der Waals surface area contributed by atoms with Gasteiger partial charge in [-0.3, -0.25) is 0 Å². The van der Waals surface area contributed by atoms with Gasteiger partial charge in [0.1, 0.15) is 0 Å². The summed E-state index contributed by atoms with van der Waals surface area (Å²) in [6.07, 6.45) is 0.180. The molecule has 3 heteroatoms. The van der Waals surface area contributed by atoms with Gasteiger partial charge in [0.05, 0.1) is 0 Å². The lowest BCUT2D eigenvalue weighted by atomic mass is 9.76. The number of carbonyl (C=O) groups is 1. The first-order chi connectivity index (χ1) is 7.26. The lowest BCUT2D eigenvalue weighted by Gasteiger charge is -2.31. The van der Waals surface area contributed by atoms with Crippen molar-refractivity contribution in [3.63, 3.8) is 0 Å². The van der Waals surface area contributed by atoms with Gasteiger partial charge >= 0.3 is 5.97 Å². The van der Waals surface area contributed by atoms with Gasteiger partial charge in [0.2, 0.25) is 0 Å². The molecule has 0 fully saturated rings. The molecule has 0 heterocycles. The summed E-state index contributed by atoms with van der Waals surface area (Å²) in [6.45, 7) is 5.19. The Kier molecular flexibility index (Phi) is 3.38. The fraction of sp³-hybridized carbons (Fsp3) is 0.462. The molecule has 1 aromatic rings. The van der Waals surface area contributed by atoms with Crippen molar-refractivity contribution in [2.24, 2.45) is 0 Å². The summed E-state index contributed by atoms with van der Waals surface area (Å²) in [5.74, 6) is -1.18. The van der Waals surface area contributed by atoms with Crippen LogP contribution in [0.5, 0.6) is 0 Å². The molecule has 3 nitrogen and oxygen atoms in total. The Morgan fingerprint density at radius 3 is 2.12 bits per heavy atom. The van der Waals surface area contributed by atoms with Crippen LogP contribution in [0.25, 0.3) is 0 Å². The summed E-state index contributed by atoms with van der Waals surface area (Å²) in [6, 6.07) is 9.61. The quantitative estimate of drug-likeness (QED) is 0.821. The van der Waals surface area contributed by atoms with Crippen molar-refractivity contribution in [3.8, 4) is 0 Å². The molecule has 1 atom stereocenters. The summed E-state index contributed by atoms with van der Waals surface area (Å²) < 4.78 is 0. The Morgan fingerprint density at radius 2 is 1.69 bits per heavy atom. The van der Waals surface area contributed by atoms with Crippen molar-refractivity contribution in [3.05, 3.63) is 35.9 Å². The average Bonchev–Trinajstić information content (AvgIpc) is 2.17. The Labute approximate surface area is 95.7 Å². The fourth-order valence-electron chi connectivity index (χ4n) is 1.93. The zero-order valence-corrected chi connectivity index (χ0v) is 9.90. The predicted molar refractivity (Wildman–Crippen MR) is 62.3 cm³/mol. The first kappa shape index (κ1) is 12.7. The zero-order valence-electron chi connectivity index (χ0n) is 9.90.